The standard InChI is InChI=1S/C12H12F6N2O2/c1-19-9(21)20(2)8-5-3-7(4-6-8)10(22,11(13,14)15)12(16,17)18/h3-6,22H,1-2H3,(H,19,21). The van der Waals surface area contributed by atoms with Gasteiger partial charge < -0.3 is 10.4 Å². The van der Waals surface area contributed by atoms with Gasteiger partial charge in [0.25, 0.3) is 5.60 Å². The van der Waals surface area contributed by atoms with Crippen LogP contribution in [0.2, 0.25) is 0 Å². The number of carbonyl (C=O) groups excluding carboxylic acids is 1. The van der Waals surface area contributed by atoms with E-state index in [9.17, 15) is 36.2 Å². The van der Waals surface area contributed by atoms with Crippen molar-refractivity contribution >= 4 is 11.7 Å². The fraction of sp³-hybridized carbons (Fsp3) is 0.417. The highest BCUT2D eigenvalue weighted by atomic mass is 19.4. The van der Waals surface area contributed by atoms with Crippen molar-refractivity contribution in [3.8, 4) is 0 Å². The quantitative estimate of drug-likeness (QED) is 0.820. The summed E-state index contributed by atoms with van der Waals surface area (Å²) in [7, 11) is 2.58. The maximum atomic E-state index is 12.7. The van der Waals surface area contributed by atoms with Crippen LogP contribution < -0.4 is 10.2 Å². The molecule has 0 atom stereocenters. The number of alkyl halides is 6. The Bertz CT molecular complexity index is 524. The minimum absolute atomic E-state index is 0.0507. The first-order chi connectivity index (χ1) is 9.86. The third-order valence-corrected chi connectivity index (χ3v) is 3.01. The van der Waals surface area contributed by atoms with Crippen molar-refractivity contribution in [3.05, 3.63) is 29.8 Å². The number of hydrogen-bond acceptors (Lipinski definition) is 2. The third-order valence-electron chi connectivity index (χ3n) is 3.01. The van der Waals surface area contributed by atoms with E-state index in [2.05, 4.69) is 5.32 Å². The van der Waals surface area contributed by atoms with Gasteiger partial charge in [0.2, 0.25) is 0 Å². The molecule has 0 heterocycles. The second-order valence-corrected chi connectivity index (χ2v) is 4.37. The molecule has 1 aromatic carbocycles. The summed E-state index contributed by atoms with van der Waals surface area (Å²) in [6.45, 7) is 0. The van der Waals surface area contributed by atoms with Gasteiger partial charge in [0.1, 0.15) is 0 Å². The molecule has 0 aliphatic carbocycles. The van der Waals surface area contributed by atoms with Crippen LogP contribution in [0.25, 0.3) is 0 Å². The highest BCUT2D eigenvalue weighted by Crippen LogP contribution is 2.50. The molecule has 0 spiro atoms. The Balaban J connectivity index is 3.29. The van der Waals surface area contributed by atoms with Crippen LogP contribution in [0.15, 0.2) is 24.3 Å². The topological polar surface area (TPSA) is 52.6 Å². The fourth-order valence-electron chi connectivity index (χ4n) is 1.70. The van der Waals surface area contributed by atoms with E-state index >= 15 is 0 Å². The van der Waals surface area contributed by atoms with Gasteiger partial charge in [-0.25, -0.2) is 4.79 Å². The maximum Gasteiger partial charge on any atom is 0.430 e. The normalized spacial score (nSPS) is 13.0. The van der Waals surface area contributed by atoms with Gasteiger partial charge in [0.05, 0.1) is 0 Å². The number of aliphatic hydroxyl groups is 1. The molecule has 0 aliphatic heterocycles. The van der Waals surface area contributed by atoms with Crippen molar-refractivity contribution < 1.29 is 36.2 Å². The molecule has 2 N–H and O–H groups in total. The van der Waals surface area contributed by atoms with Gasteiger partial charge in [-0.2, -0.15) is 26.3 Å². The van der Waals surface area contributed by atoms with E-state index in [0.717, 1.165) is 17.0 Å². The van der Waals surface area contributed by atoms with Crippen LogP contribution in [0.3, 0.4) is 0 Å². The van der Waals surface area contributed by atoms with Crippen molar-refractivity contribution in [3.63, 3.8) is 0 Å². The van der Waals surface area contributed by atoms with Crippen molar-refractivity contribution in [1.82, 2.24) is 5.32 Å². The summed E-state index contributed by atoms with van der Waals surface area (Å²) in [6, 6.07) is 2.06. The Morgan fingerprint density at radius 2 is 1.45 bits per heavy atom. The average Bonchev–Trinajstić information content (AvgIpc) is 2.42. The second kappa shape index (κ2) is 5.67. The van der Waals surface area contributed by atoms with Crippen molar-refractivity contribution in [2.75, 3.05) is 19.0 Å². The van der Waals surface area contributed by atoms with E-state index in [1.165, 1.54) is 14.1 Å². The van der Waals surface area contributed by atoms with E-state index in [-0.39, 0.29) is 5.69 Å². The minimum atomic E-state index is -5.94. The van der Waals surface area contributed by atoms with Gasteiger partial charge in [0, 0.05) is 25.3 Å². The number of nitrogens with one attached hydrogen (secondary N) is 1. The molecular formula is C12H12F6N2O2. The van der Waals surface area contributed by atoms with Gasteiger partial charge >= 0.3 is 18.4 Å². The molecule has 0 aliphatic rings. The molecule has 22 heavy (non-hydrogen) atoms. The Morgan fingerprint density at radius 3 is 1.77 bits per heavy atom. The maximum absolute atomic E-state index is 12.7. The molecule has 0 aromatic heterocycles. The first kappa shape index (κ1) is 18.1. The third kappa shape index (κ3) is 2.96. The first-order valence-corrected chi connectivity index (χ1v) is 5.78. The molecule has 4 nitrogen and oxygen atoms in total. The average molecular weight is 330 g/mol. The number of carbonyl (C=O) groups is 1. The van der Waals surface area contributed by atoms with Gasteiger partial charge in [-0.1, -0.05) is 12.1 Å². The summed E-state index contributed by atoms with van der Waals surface area (Å²) >= 11 is 0. The lowest BCUT2D eigenvalue weighted by molar-refractivity contribution is -0.376. The van der Waals surface area contributed by atoms with E-state index in [1.54, 1.807) is 0 Å². The number of hydrogen-bond donors (Lipinski definition) is 2. The molecule has 0 fully saturated rings. The highest BCUT2D eigenvalue weighted by molar-refractivity contribution is 5.91. The number of rotatable bonds is 2. The molecular weight excluding hydrogens is 318 g/mol. The van der Waals surface area contributed by atoms with Crippen LogP contribution in [-0.2, 0) is 5.60 Å². The van der Waals surface area contributed by atoms with Crippen molar-refractivity contribution in [2.24, 2.45) is 0 Å². The predicted molar refractivity (Wildman–Crippen MR) is 65.3 cm³/mol. The first-order valence-electron chi connectivity index (χ1n) is 5.78. The zero-order valence-corrected chi connectivity index (χ0v) is 11.4. The highest BCUT2D eigenvalue weighted by Gasteiger charge is 2.71. The molecule has 0 bridgehead atoms. The number of halogens is 6. The summed E-state index contributed by atoms with van der Waals surface area (Å²) in [5, 5.41) is 11.4. The SMILES string of the molecule is CNC(=O)N(C)c1ccc(C(O)(C(F)(F)F)C(F)(F)F)cc1. The van der Waals surface area contributed by atoms with E-state index in [4.69, 9.17) is 0 Å². The molecule has 0 saturated carbocycles. The van der Waals surface area contributed by atoms with E-state index in [1.807, 2.05) is 0 Å². The smallest absolute Gasteiger partial charge is 0.369 e. The molecule has 10 heteroatoms. The largest absolute Gasteiger partial charge is 0.430 e. The molecule has 1 rings (SSSR count). The van der Waals surface area contributed by atoms with Gasteiger partial charge in [-0.15, -0.1) is 0 Å². The Labute approximate surface area is 121 Å². The molecule has 1 aromatic rings. The summed E-state index contributed by atoms with van der Waals surface area (Å²) in [4.78, 5) is 12.3. The Kier molecular flexibility index (Phi) is 4.66. The molecule has 0 saturated heterocycles. The monoisotopic (exact) mass is 330 g/mol. The van der Waals surface area contributed by atoms with Crippen LogP contribution in [0.1, 0.15) is 5.56 Å². The minimum Gasteiger partial charge on any atom is -0.369 e. The number of amides is 2. The van der Waals surface area contributed by atoms with Crippen molar-refractivity contribution in [1.29, 1.82) is 0 Å². The summed E-state index contributed by atoms with van der Waals surface area (Å²) in [5.41, 5.74) is -6.32. The van der Waals surface area contributed by atoms with Crippen LogP contribution in [0, 0.1) is 0 Å². The summed E-state index contributed by atoms with van der Waals surface area (Å²) in [6.07, 6.45) is -11.9. The molecule has 124 valence electrons. The zero-order valence-electron chi connectivity index (χ0n) is 11.4. The summed E-state index contributed by atoms with van der Waals surface area (Å²) in [5.74, 6) is 0. The van der Waals surface area contributed by atoms with Gasteiger partial charge in [-0.05, 0) is 12.1 Å². The van der Waals surface area contributed by atoms with E-state index in [0.29, 0.717) is 12.1 Å². The second-order valence-electron chi connectivity index (χ2n) is 4.37. The van der Waals surface area contributed by atoms with Crippen LogP contribution in [0.5, 0.6) is 0 Å². The fourth-order valence-corrected chi connectivity index (χ4v) is 1.70. The Hall–Kier alpha value is -1.97. The van der Waals surface area contributed by atoms with Crippen LogP contribution in [-0.4, -0.2) is 37.6 Å². The van der Waals surface area contributed by atoms with Gasteiger partial charge in [0.15, 0.2) is 0 Å². The lowest BCUT2D eigenvalue weighted by atomic mass is 9.92. The van der Waals surface area contributed by atoms with E-state index < -0.39 is 29.5 Å². The zero-order chi connectivity index (χ0) is 17.3. The van der Waals surface area contributed by atoms with Crippen LogP contribution in [0.4, 0.5) is 36.8 Å². The lowest BCUT2D eigenvalue weighted by Gasteiger charge is -2.32. The van der Waals surface area contributed by atoms with Crippen molar-refractivity contribution in [2.45, 2.75) is 18.0 Å². The lowest BCUT2D eigenvalue weighted by Crippen LogP contribution is -2.53. The van der Waals surface area contributed by atoms with Crippen LogP contribution >= 0.6 is 0 Å². The summed E-state index contributed by atoms with van der Waals surface area (Å²) < 4.78 is 76.1. The number of anilines is 1. The molecule has 0 unspecified atom stereocenters. The number of urea groups is 1. The number of benzene rings is 1. The molecule has 0 radical (unpaired) electrons. The van der Waals surface area contributed by atoms with Gasteiger partial charge in [-0.3, -0.25) is 4.90 Å². The Morgan fingerprint density at radius 1 is 1.05 bits per heavy atom. The number of nitrogens with zero attached hydrogens (tertiary/aromatic N) is 1. The molecule has 2 amide bonds. The predicted octanol–water partition coefficient (Wildman–Crippen LogP) is 2.77.